The molecule has 4 heteroatoms. The van der Waals surface area contributed by atoms with Crippen molar-refractivity contribution in [2.24, 2.45) is 5.92 Å². The molecule has 0 saturated carbocycles. The predicted molar refractivity (Wildman–Crippen MR) is 55.7 cm³/mol. The van der Waals surface area contributed by atoms with Gasteiger partial charge in [0.15, 0.2) is 0 Å². The standard InChI is InChI=1S/C11H19NO3/c1-3-4-5-9(2)8-15-12-10(13)6-7-11(12)14/h9H,3-8H2,1-2H3. The van der Waals surface area contributed by atoms with Crippen molar-refractivity contribution >= 4 is 11.8 Å². The Labute approximate surface area is 90.5 Å². The fourth-order valence-electron chi connectivity index (χ4n) is 1.54. The molecule has 1 saturated heterocycles. The van der Waals surface area contributed by atoms with E-state index in [2.05, 4.69) is 13.8 Å². The van der Waals surface area contributed by atoms with Crippen LogP contribution in [0.5, 0.6) is 0 Å². The van der Waals surface area contributed by atoms with Gasteiger partial charge < -0.3 is 0 Å². The van der Waals surface area contributed by atoms with Crippen molar-refractivity contribution in [3.8, 4) is 0 Å². The highest BCUT2D eigenvalue weighted by molar-refractivity contribution is 6.00. The summed E-state index contributed by atoms with van der Waals surface area (Å²) in [5, 5.41) is 0.933. The second kappa shape index (κ2) is 5.85. The quantitative estimate of drug-likeness (QED) is 0.633. The molecule has 1 aliphatic rings. The number of hydrogen-bond donors (Lipinski definition) is 0. The molecule has 0 aromatic carbocycles. The van der Waals surface area contributed by atoms with Crippen LogP contribution in [0.2, 0.25) is 0 Å². The van der Waals surface area contributed by atoms with Gasteiger partial charge >= 0.3 is 0 Å². The number of carbonyl (C=O) groups excluding carboxylic acids is 2. The molecular formula is C11H19NO3. The van der Waals surface area contributed by atoms with Crippen molar-refractivity contribution in [1.29, 1.82) is 0 Å². The van der Waals surface area contributed by atoms with Gasteiger partial charge in [-0.15, -0.1) is 0 Å². The van der Waals surface area contributed by atoms with Gasteiger partial charge in [-0.2, -0.15) is 5.06 Å². The molecule has 1 atom stereocenters. The highest BCUT2D eigenvalue weighted by Crippen LogP contribution is 2.14. The normalized spacial score (nSPS) is 18.7. The molecule has 15 heavy (non-hydrogen) atoms. The third-order valence-corrected chi connectivity index (χ3v) is 2.54. The smallest absolute Gasteiger partial charge is 0.253 e. The third-order valence-electron chi connectivity index (χ3n) is 2.54. The van der Waals surface area contributed by atoms with Gasteiger partial charge in [0.25, 0.3) is 11.8 Å². The van der Waals surface area contributed by atoms with Crippen molar-refractivity contribution < 1.29 is 14.4 Å². The number of imide groups is 1. The number of hydrogen-bond acceptors (Lipinski definition) is 3. The van der Waals surface area contributed by atoms with Crippen molar-refractivity contribution in [2.75, 3.05) is 6.61 Å². The zero-order chi connectivity index (χ0) is 11.3. The van der Waals surface area contributed by atoms with E-state index in [4.69, 9.17) is 4.84 Å². The van der Waals surface area contributed by atoms with Crippen LogP contribution in [-0.4, -0.2) is 23.5 Å². The second-order valence-corrected chi connectivity index (χ2v) is 4.13. The van der Waals surface area contributed by atoms with E-state index in [0.29, 0.717) is 25.4 Å². The molecule has 86 valence electrons. The van der Waals surface area contributed by atoms with E-state index in [1.54, 1.807) is 0 Å². The van der Waals surface area contributed by atoms with Crippen molar-refractivity contribution in [1.82, 2.24) is 5.06 Å². The number of rotatable bonds is 6. The Morgan fingerprint density at radius 3 is 2.47 bits per heavy atom. The van der Waals surface area contributed by atoms with Gasteiger partial charge in [0.1, 0.15) is 0 Å². The minimum absolute atomic E-state index is 0.206. The molecule has 0 aromatic rings. The number of carbonyl (C=O) groups is 2. The number of unbranched alkanes of at least 4 members (excludes halogenated alkanes) is 1. The lowest BCUT2D eigenvalue weighted by Crippen LogP contribution is -2.31. The van der Waals surface area contributed by atoms with Crippen LogP contribution >= 0.6 is 0 Å². The van der Waals surface area contributed by atoms with Crippen LogP contribution in [-0.2, 0) is 14.4 Å². The molecule has 0 N–H and O–H groups in total. The minimum atomic E-state index is -0.206. The Bertz CT molecular complexity index is 224. The highest BCUT2D eigenvalue weighted by Gasteiger charge is 2.30. The third kappa shape index (κ3) is 3.63. The van der Waals surface area contributed by atoms with Gasteiger partial charge in [-0.3, -0.25) is 14.4 Å². The van der Waals surface area contributed by atoms with E-state index >= 15 is 0 Å². The van der Waals surface area contributed by atoms with Crippen molar-refractivity contribution in [2.45, 2.75) is 46.0 Å². The Morgan fingerprint density at radius 2 is 1.93 bits per heavy atom. The van der Waals surface area contributed by atoms with Gasteiger partial charge in [0, 0.05) is 12.8 Å². The SMILES string of the molecule is CCCCC(C)CON1C(=O)CCC1=O. The van der Waals surface area contributed by atoms with Crippen LogP contribution in [0.3, 0.4) is 0 Å². The molecule has 0 radical (unpaired) electrons. The van der Waals surface area contributed by atoms with Gasteiger partial charge in [-0.05, 0) is 12.3 Å². The summed E-state index contributed by atoms with van der Waals surface area (Å²) in [6.45, 7) is 4.67. The molecule has 1 fully saturated rings. The van der Waals surface area contributed by atoms with Crippen molar-refractivity contribution in [3.63, 3.8) is 0 Å². The largest absolute Gasteiger partial charge is 0.272 e. The van der Waals surface area contributed by atoms with Crippen LogP contribution in [0, 0.1) is 5.92 Å². The number of nitrogens with zero attached hydrogens (tertiary/aromatic N) is 1. The van der Waals surface area contributed by atoms with E-state index in [-0.39, 0.29) is 11.8 Å². The summed E-state index contributed by atoms with van der Waals surface area (Å²) in [5.41, 5.74) is 0. The van der Waals surface area contributed by atoms with Crippen LogP contribution in [0.25, 0.3) is 0 Å². The maximum absolute atomic E-state index is 11.2. The van der Waals surface area contributed by atoms with E-state index in [9.17, 15) is 9.59 Å². The maximum atomic E-state index is 11.2. The molecule has 1 rings (SSSR count). The van der Waals surface area contributed by atoms with Crippen LogP contribution in [0.1, 0.15) is 46.0 Å². The lowest BCUT2D eigenvalue weighted by Gasteiger charge is -2.16. The predicted octanol–water partition coefficient (Wildman–Crippen LogP) is 1.89. The van der Waals surface area contributed by atoms with Crippen LogP contribution in [0.4, 0.5) is 0 Å². The van der Waals surface area contributed by atoms with E-state index in [0.717, 1.165) is 24.3 Å². The van der Waals surface area contributed by atoms with Gasteiger partial charge in [-0.1, -0.05) is 26.7 Å². The van der Waals surface area contributed by atoms with Crippen LogP contribution < -0.4 is 0 Å². The number of amides is 2. The van der Waals surface area contributed by atoms with Crippen molar-refractivity contribution in [3.05, 3.63) is 0 Å². The first kappa shape index (κ1) is 12.2. The topological polar surface area (TPSA) is 46.6 Å². The van der Waals surface area contributed by atoms with E-state index < -0.39 is 0 Å². The summed E-state index contributed by atoms with van der Waals surface area (Å²) in [7, 11) is 0. The first-order valence-electron chi connectivity index (χ1n) is 5.63. The maximum Gasteiger partial charge on any atom is 0.253 e. The minimum Gasteiger partial charge on any atom is -0.272 e. The molecule has 0 spiro atoms. The van der Waals surface area contributed by atoms with Gasteiger partial charge in [0.05, 0.1) is 6.61 Å². The van der Waals surface area contributed by atoms with Gasteiger partial charge in [-0.25, -0.2) is 0 Å². The molecule has 0 aliphatic carbocycles. The van der Waals surface area contributed by atoms with E-state index in [1.807, 2.05) is 0 Å². The Hall–Kier alpha value is -0.900. The fraction of sp³-hybridized carbons (Fsp3) is 0.818. The summed E-state index contributed by atoms with van der Waals surface area (Å²) in [5.74, 6) is -0.0171. The lowest BCUT2D eigenvalue weighted by molar-refractivity contribution is -0.190. The second-order valence-electron chi connectivity index (χ2n) is 4.13. The average Bonchev–Trinajstić information content (AvgIpc) is 2.53. The Morgan fingerprint density at radius 1 is 1.33 bits per heavy atom. The zero-order valence-electron chi connectivity index (χ0n) is 9.49. The first-order valence-corrected chi connectivity index (χ1v) is 5.63. The summed E-state index contributed by atoms with van der Waals surface area (Å²) in [4.78, 5) is 27.6. The summed E-state index contributed by atoms with van der Waals surface area (Å²) >= 11 is 0. The lowest BCUT2D eigenvalue weighted by atomic mass is 10.1. The molecule has 4 nitrogen and oxygen atoms in total. The molecule has 0 aromatic heterocycles. The molecule has 1 aliphatic heterocycles. The monoisotopic (exact) mass is 213 g/mol. The van der Waals surface area contributed by atoms with Crippen LogP contribution in [0.15, 0.2) is 0 Å². The van der Waals surface area contributed by atoms with Gasteiger partial charge in [0.2, 0.25) is 0 Å². The molecule has 1 unspecified atom stereocenters. The highest BCUT2D eigenvalue weighted by atomic mass is 16.7. The summed E-state index contributed by atoms with van der Waals surface area (Å²) < 4.78 is 0. The number of hydroxylamine groups is 2. The summed E-state index contributed by atoms with van der Waals surface area (Å²) in [6, 6.07) is 0. The average molecular weight is 213 g/mol. The molecule has 2 amide bonds. The fourth-order valence-corrected chi connectivity index (χ4v) is 1.54. The summed E-state index contributed by atoms with van der Waals surface area (Å²) in [6.07, 6.45) is 3.98. The zero-order valence-corrected chi connectivity index (χ0v) is 9.49. The Kier molecular flexibility index (Phi) is 4.75. The Balaban J connectivity index is 2.24. The molecule has 0 bridgehead atoms. The first-order chi connectivity index (χ1) is 7.15. The molecular weight excluding hydrogens is 194 g/mol. The van der Waals surface area contributed by atoms with E-state index in [1.165, 1.54) is 0 Å². The molecule has 1 heterocycles.